The van der Waals surface area contributed by atoms with Gasteiger partial charge >= 0.3 is 11.9 Å². The molecule has 0 fully saturated rings. The molecule has 0 saturated heterocycles. The van der Waals surface area contributed by atoms with Gasteiger partial charge in [0, 0.05) is 6.54 Å². The summed E-state index contributed by atoms with van der Waals surface area (Å²) >= 11 is 0. The quantitative estimate of drug-likeness (QED) is 0.700. The minimum absolute atomic E-state index is 0.203. The maximum Gasteiger partial charge on any atom is 0.356 e. The molecule has 0 amide bonds. The Hall–Kier alpha value is -1.95. The number of ether oxygens (including phenoxy) is 2. The van der Waals surface area contributed by atoms with E-state index in [1.54, 1.807) is 25.1 Å². The summed E-state index contributed by atoms with van der Waals surface area (Å²) in [5, 5.41) is 0. The van der Waals surface area contributed by atoms with E-state index in [0.29, 0.717) is 25.4 Å². The molecule has 0 aliphatic heterocycles. The van der Waals surface area contributed by atoms with E-state index in [0.717, 1.165) is 0 Å². The number of pyridine rings is 1. The first-order chi connectivity index (χ1) is 9.60. The summed E-state index contributed by atoms with van der Waals surface area (Å²) in [7, 11) is 1.32. The lowest BCUT2D eigenvalue weighted by Crippen LogP contribution is -2.31. The third-order valence-corrected chi connectivity index (χ3v) is 2.69. The Morgan fingerprint density at radius 1 is 1.30 bits per heavy atom. The van der Waals surface area contributed by atoms with Crippen LogP contribution in [0.5, 0.6) is 0 Å². The van der Waals surface area contributed by atoms with Gasteiger partial charge < -0.3 is 9.47 Å². The van der Waals surface area contributed by atoms with Gasteiger partial charge in [0.15, 0.2) is 0 Å². The molecule has 110 valence electrons. The zero-order chi connectivity index (χ0) is 15.0. The molecule has 0 spiro atoms. The Morgan fingerprint density at radius 3 is 2.65 bits per heavy atom. The van der Waals surface area contributed by atoms with E-state index in [1.165, 1.54) is 7.11 Å². The van der Waals surface area contributed by atoms with Gasteiger partial charge in [0.05, 0.1) is 26.0 Å². The summed E-state index contributed by atoms with van der Waals surface area (Å²) in [6.07, 6.45) is 0. The van der Waals surface area contributed by atoms with E-state index in [2.05, 4.69) is 9.72 Å². The molecule has 1 rings (SSSR count). The smallest absolute Gasteiger partial charge is 0.356 e. The van der Waals surface area contributed by atoms with Crippen molar-refractivity contribution in [2.24, 2.45) is 0 Å². The van der Waals surface area contributed by atoms with Crippen LogP contribution in [0.2, 0.25) is 0 Å². The Balaban J connectivity index is 2.70. The minimum atomic E-state index is -0.472. The summed E-state index contributed by atoms with van der Waals surface area (Å²) < 4.78 is 9.55. The number of methoxy groups -OCH3 is 1. The number of carbonyl (C=O) groups is 2. The molecule has 0 aliphatic carbocycles. The Labute approximate surface area is 118 Å². The highest BCUT2D eigenvalue weighted by molar-refractivity contribution is 5.87. The number of esters is 2. The molecule has 0 unspecified atom stereocenters. The molecule has 1 heterocycles. The van der Waals surface area contributed by atoms with E-state index in [9.17, 15) is 9.59 Å². The lowest BCUT2D eigenvalue weighted by atomic mass is 10.3. The van der Waals surface area contributed by atoms with Crippen LogP contribution in [0, 0.1) is 0 Å². The first-order valence-corrected chi connectivity index (χ1v) is 6.52. The second-order valence-corrected chi connectivity index (χ2v) is 4.11. The van der Waals surface area contributed by atoms with Crippen LogP contribution >= 0.6 is 0 Å². The van der Waals surface area contributed by atoms with Gasteiger partial charge in [0.2, 0.25) is 0 Å². The van der Waals surface area contributed by atoms with Crippen molar-refractivity contribution < 1.29 is 19.1 Å². The molecule has 0 N–H and O–H groups in total. The van der Waals surface area contributed by atoms with Crippen LogP contribution in [-0.4, -0.2) is 48.6 Å². The lowest BCUT2D eigenvalue weighted by Gasteiger charge is -2.18. The van der Waals surface area contributed by atoms with Gasteiger partial charge in [-0.2, -0.15) is 0 Å². The first kappa shape index (κ1) is 16.1. The van der Waals surface area contributed by atoms with Gasteiger partial charge in [0.25, 0.3) is 0 Å². The van der Waals surface area contributed by atoms with E-state index in [1.807, 2.05) is 11.8 Å². The molecule has 0 saturated carbocycles. The summed E-state index contributed by atoms with van der Waals surface area (Å²) in [5.41, 5.74) is 0.969. The molecule has 6 nitrogen and oxygen atoms in total. The molecular formula is C14H20N2O4. The number of aromatic nitrogens is 1. The lowest BCUT2D eigenvalue weighted by molar-refractivity contribution is -0.144. The van der Waals surface area contributed by atoms with E-state index in [-0.39, 0.29) is 18.2 Å². The molecule has 1 aromatic heterocycles. The van der Waals surface area contributed by atoms with Crippen molar-refractivity contribution in [2.75, 3.05) is 26.8 Å². The topological polar surface area (TPSA) is 68.7 Å². The fraction of sp³-hybridized carbons (Fsp3) is 0.500. The number of rotatable bonds is 7. The van der Waals surface area contributed by atoms with Gasteiger partial charge in [-0.15, -0.1) is 0 Å². The van der Waals surface area contributed by atoms with Crippen LogP contribution in [0.4, 0.5) is 0 Å². The van der Waals surface area contributed by atoms with E-state index in [4.69, 9.17) is 4.74 Å². The fourth-order valence-corrected chi connectivity index (χ4v) is 1.68. The van der Waals surface area contributed by atoms with Crippen LogP contribution in [0.3, 0.4) is 0 Å². The Bertz CT molecular complexity index is 462. The third-order valence-electron chi connectivity index (χ3n) is 2.69. The Kier molecular flexibility index (Phi) is 6.66. The molecule has 0 radical (unpaired) electrons. The zero-order valence-electron chi connectivity index (χ0n) is 12.1. The van der Waals surface area contributed by atoms with Crippen LogP contribution < -0.4 is 0 Å². The largest absolute Gasteiger partial charge is 0.465 e. The number of hydrogen-bond acceptors (Lipinski definition) is 6. The van der Waals surface area contributed by atoms with Crippen molar-refractivity contribution in [3.8, 4) is 0 Å². The van der Waals surface area contributed by atoms with Crippen molar-refractivity contribution in [1.82, 2.24) is 9.88 Å². The van der Waals surface area contributed by atoms with Crippen molar-refractivity contribution in [3.05, 3.63) is 29.6 Å². The first-order valence-electron chi connectivity index (χ1n) is 6.52. The van der Waals surface area contributed by atoms with Gasteiger partial charge in [-0.1, -0.05) is 13.0 Å². The predicted molar refractivity (Wildman–Crippen MR) is 73.2 cm³/mol. The van der Waals surface area contributed by atoms with Crippen molar-refractivity contribution >= 4 is 11.9 Å². The summed E-state index contributed by atoms with van der Waals surface area (Å²) in [6, 6.07) is 5.14. The maximum atomic E-state index is 11.5. The standard InChI is InChI=1S/C14H20N2O4/c1-4-16(10-13(17)20-5-2)9-11-7-6-8-12(15-11)14(18)19-3/h6-8H,4-5,9-10H2,1-3H3. The highest BCUT2D eigenvalue weighted by atomic mass is 16.5. The SMILES string of the molecule is CCOC(=O)CN(CC)Cc1cccc(C(=O)OC)n1. The molecular weight excluding hydrogens is 260 g/mol. The second-order valence-electron chi connectivity index (χ2n) is 4.11. The second kappa shape index (κ2) is 8.27. The van der Waals surface area contributed by atoms with Crippen LogP contribution in [-0.2, 0) is 20.8 Å². The van der Waals surface area contributed by atoms with Crippen molar-refractivity contribution in [3.63, 3.8) is 0 Å². The van der Waals surface area contributed by atoms with Gasteiger partial charge in [-0.3, -0.25) is 9.69 Å². The van der Waals surface area contributed by atoms with Crippen molar-refractivity contribution in [1.29, 1.82) is 0 Å². The molecule has 0 aromatic carbocycles. The van der Waals surface area contributed by atoms with Crippen LogP contribution in [0.1, 0.15) is 30.0 Å². The summed E-state index contributed by atoms with van der Waals surface area (Å²) in [5.74, 6) is -0.737. The van der Waals surface area contributed by atoms with Gasteiger partial charge in [-0.25, -0.2) is 9.78 Å². The van der Waals surface area contributed by atoms with Gasteiger partial charge in [-0.05, 0) is 25.6 Å². The molecule has 0 aliphatic rings. The molecule has 0 bridgehead atoms. The summed E-state index contributed by atoms with van der Waals surface area (Å²) in [6.45, 7) is 5.45. The molecule has 6 heteroatoms. The fourth-order valence-electron chi connectivity index (χ4n) is 1.68. The average Bonchev–Trinajstić information content (AvgIpc) is 2.46. The average molecular weight is 280 g/mol. The van der Waals surface area contributed by atoms with Crippen molar-refractivity contribution in [2.45, 2.75) is 20.4 Å². The summed E-state index contributed by atoms with van der Waals surface area (Å²) in [4.78, 5) is 29.0. The van der Waals surface area contributed by atoms with Gasteiger partial charge in [0.1, 0.15) is 5.69 Å². The molecule has 1 aromatic rings. The zero-order valence-corrected chi connectivity index (χ0v) is 12.1. The maximum absolute atomic E-state index is 11.5. The number of nitrogens with zero attached hydrogens (tertiary/aromatic N) is 2. The minimum Gasteiger partial charge on any atom is -0.465 e. The highest BCUT2D eigenvalue weighted by Crippen LogP contribution is 2.05. The number of hydrogen-bond donors (Lipinski definition) is 0. The van der Waals surface area contributed by atoms with E-state index < -0.39 is 5.97 Å². The van der Waals surface area contributed by atoms with Crippen LogP contribution in [0.15, 0.2) is 18.2 Å². The molecule has 20 heavy (non-hydrogen) atoms. The highest BCUT2D eigenvalue weighted by Gasteiger charge is 2.13. The van der Waals surface area contributed by atoms with Crippen LogP contribution in [0.25, 0.3) is 0 Å². The monoisotopic (exact) mass is 280 g/mol. The number of carbonyl (C=O) groups excluding carboxylic acids is 2. The van der Waals surface area contributed by atoms with E-state index >= 15 is 0 Å². The normalized spacial score (nSPS) is 10.4. The molecule has 0 atom stereocenters. The number of likely N-dealkylation sites (N-methyl/N-ethyl adjacent to an activating group) is 1. The Morgan fingerprint density at radius 2 is 2.05 bits per heavy atom. The predicted octanol–water partition coefficient (Wildman–Crippen LogP) is 1.25. The third kappa shape index (κ3) is 4.97.